The molecule has 1 saturated carbocycles. The predicted molar refractivity (Wildman–Crippen MR) is 124 cm³/mol. The fourth-order valence-electron chi connectivity index (χ4n) is 5.28. The maximum atomic E-state index is 14.9. The van der Waals surface area contributed by atoms with Crippen molar-refractivity contribution in [3.05, 3.63) is 71.4 Å². The minimum Gasteiger partial charge on any atom is -0.472 e. The Hall–Kier alpha value is -3.25. The van der Waals surface area contributed by atoms with E-state index < -0.39 is 5.82 Å². The Bertz CT molecular complexity index is 1310. The van der Waals surface area contributed by atoms with Gasteiger partial charge in [-0.05, 0) is 85.0 Å². The monoisotopic (exact) mass is 443 g/mol. The zero-order chi connectivity index (χ0) is 22.5. The summed E-state index contributed by atoms with van der Waals surface area (Å²) in [6, 6.07) is 12.5. The third kappa shape index (κ3) is 3.68. The van der Waals surface area contributed by atoms with E-state index in [0.717, 1.165) is 41.0 Å². The van der Waals surface area contributed by atoms with Gasteiger partial charge in [0, 0.05) is 23.2 Å². The van der Waals surface area contributed by atoms with E-state index in [1.807, 2.05) is 19.1 Å². The lowest BCUT2D eigenvalue weighted by molar-refractivity contribution is 0.222. The molecule has 0 radical (unpaired) electrons. The average Bonchev–Trinajstić information content (AvgIpc) is 3.55. The number of hydrogen-bond donors (Lipinski definition) is 1. The molecule has 1 unspecified atom stereocenters. The molecule has 1 atom stereocenters. The molecular weight excluding hydrogens is 417 g/mol. The molecule has 1 N–H and O–H groups in total. The van der Waals surface area contributed by atoms with Crippen LogP contribution in [-0.2, 0) is 6.42 Å². The fourth-order valence-corrected chi connectivity index (χ4v) is 5.28. The minimum absolute atomic E-state index is 0.184. The van der Waals surface area contributed by atoms with Crippen molar-refractivity contribution in [3.8, 4) is 34.0 Å². The number of fused-ring (bicyclic) bond motifs is 1. The molecule has 2 aliphatic carbocycles. The third-order valence-electron chi connectivity index (χ3n) is 7.09. The zero-order valence-electron chi connectivity index (χ0n) is 18.8. The molecule has 0 spiro atoms. The maximum Gasteiger partial charge on any atom is 0.261 e. The molecule has 0 bridgehead atoms. The highest BCUT2D eigenvalue weighted by Crippen LogP contribution is 2.37. The van der Waals surface area contributed by atoms with Crippen LogP contribution in [0.2, 0.25) is 0 Å². The van der Waals surface area contributed by atoms with Crippen LogP contribution in [0, 0.1) is 18.7 Å². The van der Waals surface area contributed by atoms with Crippen molar-refractivity contribution in [2.24, 2.45) is 5.92 Å². The molecule has 0 amide bonds. The number of benzene rings is 2. The first-order chi connectivity index (χ1) is 16.0. The van der Waals surface area contributed by atoms with Gasteiger partial charge in [0.1, 0.15) is 5.82 Å². The first kappa shape index (κ1) is 20.4. The van der Waals surface area contributed by atoms with Gasteiger partial charge in [-0.15, -0.1) is 0 Å². The number of furan rings is 1. The Balaban J connectivity index is 1.25. The van der Waals surface area contributed by atoms with Gasteiger partial charge < -0.3 is 14.3 Å². The summed E-state index contributed by atoms with van der Waals surface area (Å²) < 4.78 is 25.5. The molecular formula is C27H26FN3O2. The molecule has 33 heavy (non-hydrogen) atoms. The van der Waals surface area contributed by atoms with Gasteiger partial charge in [-0.2, -0.15) is 4.98 Å². The van der Waals surface area contributed by atoms with E-state index in [1.165, 1.54) is 30.0 Å². The number of aromatic nitrogens is 2. The summed E-state index contributed by atoms with van der Waals surface area (Å²) in [7, 11) is 0. The van der Waals surface area contributed by atoms with E-state index in [9.17, 15) is 4.39 Å². The lowest BCUT2D eigenvalue weighted by atomic mass is 9.81. The van der Waals surface area contributed by atoms with E-state index in [0.29, 0.717) is 23.5 Å². The van der Waals surface area contributed by atoms with Gasteiger partial charge in [-0.1, -0.05) is 24.2 Å². The highest BCUT2D eigenvalue weighted by atomic mass is 19.1. The summed E-state index contributed by atoms with van der Waals surface area (Å²) in [5.41, 5.74) is 6.43. The molecule has 168 valence electrons. The second-order valence-corrected chi connectivity index (χ2v) is 9.53. The Labute approximate surface area is 192 Å². The van der Waals surface area contributed by atoms with Crippen molar-refractivity contribution in [3.63, 3.8) is 0 Å². The lowest BCUT2D eigenvalue weighted by Crippen LogP contribution is -2.41. The molecule has 5 nitrogen and oxygen atoms in total. The second kappa shape index (κ2) is 7.96. The van der Waals surface area contributed by atoms with E-state index in [-0.39, 0.29) is 5.89 Å². The van der Waals surface area contributed by atoms with Crippen molar-refractivity contribution in [1.82, 2.24) is 15.5 Å². The number of nitrogens with zero attached hydrogens (tertiary/aromatic N) is 2. The van der Waals surface area contributed by atoms with Gasteiger partial charge in [-0.3, -0.25) is 0 Å². The third-order valence-corrected chi connectivity index (χ3v) is 7.09. The maximum absolute atomic E-state index is 14.9. The average molecular weight is 444 g/mol. The minimum atomic E-state index is -0.403. The van der Waals surface area contributed by atoms with Gasteiger partial charge >= 0.3 is 0 Å². The normalized spacial score (nSPS) is 21.7. The van der Waals surface area contributed by atoms with Crippen LogP contribution >= 0.6 is 0 Å². The van der Waals surface area contributed by atoms with E-state index >= 15 is 0 Å². The number of rotatable bonds is 5. The molecule has 0 saturated heterocycles. The first-order valence-electron chi connectivity index (χ1n) is 11.6. The van der Waals surface area contributed by atoms with Crippen molar-refractivity contribution in [1.29, 1.82) is 0 Å². The SMILES string of the molecule is Cc1cc(-c2nc(-c3ccc4c(c3)CCC4NC3CC(C)C3)no2)c(F)cc1-c1ccoc1. The van der Waals surface area contributed by atoms with Crippen LogP contribution in [0.5, 0.6) is 0 Å². The van der Waals surface area contributed by atoms with Gasteiger partial charge in [0.25, 0.3) is 5.89 Å². The summed E-state index contributed by atoms with van der Waals surface area (Å²) in [5.74, 6) is 1.10. The number of nitrogens with one attached hydrogen (secondary N) is 1. The van der Waals surface area contributed by atoms with Crippen molar-refractivity contribution < 1.29 is 13.3 Å². The first-order valence-corrected chi connectivity index (χ1v) is 11.6. The molecule has 2 aromatic carbocycles. The summed E-state index contributed by atoms with van der Waals surface area (Å²) in [6.45, 7) is 4.24. The Morgan fingerprint density at radius 1 is 1.06 bits per heavy atom. The standard InChI is InChI=1S/C27H26FN3O2/c1-15-9-20(10-15)29-25-6-4-17-12-18(3-5-21(17)25)26-30-27(33-31-26)23-11-16(2)22(13-24(23)28)19-7-8-32-14-19/h3,5,7-8,11-15,20,25,29H,4,6,9-10H2,1-2H3. The fraction of sp³-hybridized carbons (Fsp3) is 0.333. The van der Waals surface area contributed by atoms with Crippen LogP contribution in [0.3, 0.4) is 0 Å². The Kier molecular flexibility index (Phi) is 4.91. The number of aryl methyl sites for hydroxylation is 2. The van der Waals surface area contributed by atoms with Gasteiger partial charge in [0.15, 0.2) is 0 Å². The van der Waals surface area contributed by atoms with E-state index in [1.54, 1.807) is 18.6 Å². The number of halogens is 1. The summed E-state index contributed by atoms with van der Waals surface area (Å²) in [5, 5.41) is 7.96. The van der Waals surface area contributed by atoms with Crippen LogP contribution in [0.1, 0.15) is 48.9 Å². The number of hydrogen-bond acceptors (Lipinski definition) is 5. The summed E-state index contributed by atoms with van der Waals surface area (Å²) in [6.07, 6.45) is 7.88. The molecule has 2 heterocycles. The van der Waals surface area contributed by atoms with Crippen LogP contribution in [-0.4, -0.2) is 16.2 Å². The smallest absolute Gasteiger partial charge is 0.261 e. The quantitative estimate of drug-likeness (QED) is 0.382. The van der Waals surface area contributed by atoms with E-state index in [2.05, 4.69) is 34.5 Å². The molecule has 6 heteroatoms. The lowest BCUT2D eigenvalue weighted by Gasteiger charge is -2.36. The highest BCUT2D eigenvalue weighted by Gasteiger charge is 2.31. The van der Waals surface area contributed by atoms with Gasteiger partial charge in [0.2, 0.25) is 5.82 Å². The highest BCUT2D eigenvalue weighted by molar-refractivity contribution is 5.71. The molecule has 0 aliphatic heterocycles. The van der Waals surface area contributed by atoms with Crippen molar-refractivity contribution >= 4 is 0 Å². The molecule has 1 fully saturated rings. The largest absolute Gasteiger partial charge is 0.472 e. The van der Waals surface area contributed by atoms with Crippen molar-refractivity contribution in [2.45, 2.75) is 51.6 Å². The van der Waals surface area contributed by atoms with Crippen molar-refractivity contribution in [2.75, 3.05) is 0 Å². The molecule has 4 aromatic rings. The van der Waals surface area contributed by atoms with Crippen LogP contribution in [0.25, 0.3) is 34.0 Å². The Morgan fingerprint density at radius 2 is 1.94 bits per heavy atom. The summed E-state index contributed by atoms with van der Waals surface area (Å²) in [4.78, 5) is 4.52. The predicted octanol–water partition coefficient (Wildman–Crippen LogP) is 6.49. The van der Waals surface area contributed by atoms with Gasteiger partial charge in [-0.25, -0.2) is 4.39 Å². The second-order valence-electron chi connectivity index (χ2n) is 9.53. The van der Waals surface area contributed by atoms with Gasteiger partial charge in [0.05, 0.1) is 18.1 Å². The zero-order valence-corrected chi connectivity index (χ0v) is 18.8. The molecule has 2 aliphatic rings. The van der Waals surface area contributed by atoms with Crippen LogP contribution < -0.4 is 5.32 Å². The van der Waals surface area contributed by atoms with E-state index in [4.69, 9.17) is 8.94 Å². The molecule has 6 rings (SSSR count). The topological polar surface area (TPSA) is 64.1 Å². The molecule has 2 aromatic heterocycles. The van der Waals surface area contributed by atoms with Crippen LogP contribution in [0.15, 0.2) is 57.9 Å². The summed E-state index contributed by atoms with van der Waals surface area (Å²) >= 11 is 0. The van der Waals surface area contributed by atoms with Crippen LogP contribution in [0.4, 0.5) is 4.39 Å². The Morgan fingerprint density at radius 3 is 2.73 bits per heavy atom.